The normalized spacial score (nSPS) is 21.6. The smallest absolute Gasteiger partial charge is 0.0654 e. The molecule has 0 spiro atoms. The van der Waals surface area contributed by atoms with Crippen molar-refractivity contribution < 1.29 is 14.2 Å². The summed E-state index contributed by atoms with van der Waals surface area (Å²) in [6, 6.07) is 0. The highest BCUT2D eigenvalue weighted by molar-refractivity contribution is 4.93. The van der Waals surface area contributed by atoms with Crippen LogP contribution in [0.25, 0.3) is 0 Å². The van der Waals surface area contributed by atoms with E-state index >= 15 is 0 Å². The SMILES string of the molecule is COCC(COC)(COC(C)(C)C1CCC1)C1CCC1. The van der Waals surface area contributed by atoms with Gasteiger partial charge in [0.2, 0.25) is 0 Å². The molecule has 3 heteroatoms. The summed E-state index contributed by atoms with van der Waals surface area (Å²) in [7, 11) is 3.58. The van der Waals surface area contributed by atoms with Crippen LogP contribution in [0.4, 0.5) is 0 Å². The van der Waals surface area contributed by atoms with Crippen molar-refractivity contribution in [1.29, 1.82) is 0 Å². The first kappa shape index (κ1) is 16.3. The van der Waals surface area contributed by atoms with E-state index in [0.29, 0.717) is 5.92 Å². The van der Waals surface area contributed by atoms with Crippen molar-refractivity contribution in [3.63, 3.8) is 0 Å². The van der Waals surface area contributed by atoms with E-state index in [1.807, 2.05) is 0 Å². The van der Waals surface area contributed by atoms with E-state index in [1.165, 1.54) is 38.5 Å². The maximum absolute atomic E-state index is 6.40. The van der Waals surface area contributed by atoms with Crippen molar-refractivity contribution >= 4 is 0 Å². The molecule has 2 fully saturated rings. The van der Waals surface area contributed by atoms with Crippen LogP contribution >= 0.6 is 0 Å². The van der Waals surface area contributed by atoms with Gasteiger partial charge in [0, 0.05) is 19.6 Å². The molecule has 0 atom stereocenters. The van der Waals surface area contributed by atoms with Gasteiger partial charge in [-0.05, 0) is 51.4 Å². The van der Waals surface area contributed by atoms with E-state index < -0.39 is 0 Å². The van der Waals surface area contributed by atoms with Gasteiger partial charge in [0.15, 0.2) is 0 Å². The Morgan fingerprint density at radius 2 is 1.30 bits per heavy atom. The second-order valence-corrected chi connectivity index (χ2v) is 7.38. The molecule has 0 aliphatic heterocycles. The van der Waals surface area contributed by atoms with Crippen LogP contribution in [-0.2, 0) is 14.2 Å². The molecule has 2 saturated carbocycles. The zero-order valence-corrected chi connectivity index (χ0v) is 13.7. The fraction of sp³-hybridized carbons (Fsp3) is 1.00. The van der Waals surface area contributed by atoms with Gasteiger partial charge in [0.25, 0.3) is 0 Å². The maximum atomic E-state index is 6.40. The van der Waals surface area contributed by atoms with Crippen LogP contribution in [0.15, 0.2) is 0 Å². The van der Waals surface area contributed by atoms with E-state index in [9.17, 15) is 0 Å². The number of rotatable bonds is 9. The minimum absolute atomic E-state index is 0.00523. The summed E-state index contributed by atoms with van der Waals surface area (Å²) in [5.74, 6) is 1.42. The predicted octanol–water partition coefficient (Wildman–Crippen LogP) is 3.66. The number of methoxy groups -OCH3 is 2. The number of hydrogen-bond acceptors (Lipinski definition) is 3. The fourth-order valence-electron chi connectivity index (χ4n) is 3.63. The van der Waals surface area contributed by atoms with Crippen LogP contribution in [0.2, 0.25) is 0 Å². The molecular formula is C17H32O3. The van der Waals surface area contributed by atoms with Crippen molar-refractivity contribution in [3.05, 3.63) is 0 Å². The Morgan fingerprint density at radius 1 is 0.800 bits per heavy atom. The lowest BCUT2D eigenvalue weighted by molar-refractivity contribution is -0.160. The van der Waals surface area contributed by atoms with E-state index in [4.69, 9.17) is 14.2 Å². The predicted molar refractivity (Wildman–Crippen MR) is 80.9 cm³/mol. The Bertz CT molecular complexity index is 287. The average molecular weight is 284 g/mol. The molecule has 0 aromatic rings. The summed E-state index contributed by atoms with van der Waals surface area (Å²) in [6.07, 6.45) is 7.92. The topological polar surface area (TPSA) is 27.7 Å². The first-order valence-corrected chi connectivity index (χ1v) is 8.16. The number of hydrogen-bond donors (Lipinski definition) is 0. The maximum Gasteiger partial charge on any atom is 0.0654 e. The summed E-state index contributed by atoms with van der Waals surface area (Å²) in [4.78, 5) is 0. The summed E-state index contributed by atoms with van der Waals surface area (Å²) in [5.41, 5.74) is 0.0392. The monoisotopic (exact) mass is 284 g/mol. The third-order valence-corrected chi connectivity index (χ3v) is 5.65. The highest BCUT2D eigenvalue weighted by Crippen LogP contribution is 2.45. The summed E-state index contributed by atoms with van der Waals surface area (Å²) in [6.45, 7) is 6.76. The Labute approximate surface area is 124 Å². The summed E-state index contributed by atoms with van der Waals surface area (Å²) >= 11 is 0. The number of ether oxygens (including phenoxy) is 3. The van der Waals surface area contributed by atoms with Crippen LogP contribution in [0, 0.1) is 17.3 Å². The molecule has 0 saturated heterocycles. The van der Waals surface area contributed by atoms with Crippen LogP contribution in [0.1, 0.15) is 52.4 Å². The molecule has 0 amide bonds. The zero-order valence-electron chi connectivity index (χ0n) is 13.7. The van der Waals surface area contributed by atoms with Gasteiger partial charge in [-0.15, -0.1) is 0 Å². The van der Waals surface area contributed by atoms with Gasteiger partial charge >= 0.3 is 0 Å². The molecular weight excluding hydrogens is 252 g/mol. The van der Waals surface area contributed by atoms with Gasteiger partial charge in [-0.1, -0.05) is 12.8 Å². The highest BCUT2D eigenvalue weighted by Gasteiger charge is 2.45. The second kappa shape index (κ2) is 6.76. The molecule has 0 unspecified atom stereocenters. The average Bonchev–Trinajstić information content (AvgIpc) is 2.22. The van der Waals surface area contributed by atoms with E-state index in [2.05, 4.69) is 13.8 Å². The Hall–Kier alpha value is -0.120. The molecule has 0 radical (unpaired) electrons. The van der Waals surface area contributed by atoms with Gasteiger partial charge < -0.3 is 14.2 Å². The lowest BCUT2D eigenvalue weighted by Gasteiger charge is -2.47. The van der Waals surface area contributed by atoms with Gasteiger partial charge in [-0.2, -0.15) is 0 Å². The largest absolute Gasteiger partial charge is 0.384 e. The lowest BCUT2D eigenvalue weighted by Crippen LogP contribution is -2.49. The molecule has 20 heavy (non-hydrogen) atoms. The van der Waals surface area contributed by atoms with Crippen LogP contribution in [0.3, 0.4) is 0 Å². The Morgan fingerprint density at radius 3 is 1.65 bits per heavy atom. The molecule has 2 aliphatic carbocycles. The van der Waals surface area contributed by atoms with E-state index in [-0.39, 0.29) is 11.0 Å². The van der Waals surface area contributed by atoms with Gasteiger partial charge in [-0.3, -0.25) is 0 Å². The summed E-state index contributed by atoms with van der Waals surface area (Å²) in [5, 5.41) is 0. The zero-order chi connectivity index (χ0) is 14.6. The first-order valence-electron chi connectivity index (χ1n) is 8.16. The van der Waals surface area contributed by atoms with Crippen molar-refractivity contribution in [2.45, 2.75) is 58.0 Å². The molecule has 2 rings (SSSR count). The third-order valence-electron chi connectivity index (χ3n) is 5.65. The highest BCUT2D eigenvalue weighted by atomic mass is 16.5. The molecule has 118 valence electrons. The molecule has 0 heterocycles. The third kappa shape index (κ3) is 3.37. The first-order chi connectivity index (χ1) is 9.54. The van der Waals surface area contributed by atoms with E-state index in [0.717, 1.165) is 25.7 Å². The van der Waals surface area contributed by atoms with Crippen LogP contribution in [-0.4, -0.2) is 39.6 Å². The molecule has 0 N–H and O–H groups in total. The fourth-order valence-corrected chi connectivity index (χ4v) is 3.63. The lowest BCUT2D eigenvalue weighted by atomic mass is 9.66. The van der Waals surface area contributed by atoms with Gasteiger partial charge in [0.1, 0.15) is 0 Å². The van der Waals surface area contributed by atoms with Crippen LogP contribution < -0.4 is 0 Å². The molecule has 0 aromatic carbocycles. The van der Waals surface area contributed by atoms with Crippen molar-refractivity contribution in [1.82, 2.24) is 0 Å². The van der Waals surface area contributed by atoms with Gasteiger partial charge in [0.05, 0.1) is 25.4 Å². The van der Waals surface area contributed by atoms with Crippen molar-refractivity contribution in [2.75, 3.05) is 34.0 Å². The van der Waals surface area contributed by atoms with Crippen LogP contribution in [0.5, 0.6) is 0 Å². The van der Waals surface area contributed by atoms with E-state index in [1.54, 1.807) is 14.2 Å². The molecule has 0 bridgehead atoms. The second-order valence-electron chi connectivity index (χ2n) is 7.38. The Kier molecular flexibility index (Phi) is 5.49. The van der Waals surface area contributed by atoms with Gasteiger partial charge in [-0.25, -0.2) is 0 Å². The minimum atomic E-state index is -0.00523. The quantitative estimate of drug-likeness (QED) is 0.646. The standard InChI is InChI=1S/C17H32O3/c1-16(2,14-7-5-8-14)20-13-17(11-18-3,12-19-4)15-9-6-10-15/h14-15H,5-13H2,1-4H3. The van der Waals surface area contributed by atoms with Crippen molar-refractivity contribution in [3.8, 4) is 0 Å². The summed E-state index contributed by atoms with van der Waals surface area (Å²) < 4.78 is 17.4. The molecule has 2 aliphatic rings. The molecule has 3 nitrogen and oxygen atoms in total. The molecule has 0 aromatic heterocycles. The Balaban J connectivity index is 1.98. The minimum Gasteiger partial charge on any atom is -0.384 e. The van der Waals surface area contributed by atoms with Crippen molar-refractivity contribution in [2.24, 2.45) is 17.3 Å².